The molecular formula is C19H23BrFN5O2. The van der Waals surface area contributed by atoms with Gasteiger partial charge >= 0.3 is 0 Å². The van der Waals surface area contributed by atoms with E-state index in [1.54, 1.807) is 37.2 Å². The number of carbonyl (C=O) groups is 1. The molecule has 150 valence electrons. The molecule has 1 aliphatic rings. The Labute approximate surface area is 171 Å². The molecule has 2 heterocycles. The van der Waals surface area contributed by atoms with E-state index in [1.807, 2.05) is 4.90 Å². The van der Waals surface area contributed by atoms with Gasteiger partial charge in [0.1, 0.15) is 12.5 Å². The van der Waals surface area contributed by atoms with E-state index >= 15 is 0 Å². The van der Waals surface area contributed by atoms with Crippen LogP contribution in [0.5, 0.6) is 0 Å². The summed E-state index contributed by atoms with van der Waals surface area (Å²) in [5.41, 5.74) is 2.15. The molecule has 1 saturated heterocycles. The fraction of sp³-hybridized carbons (Fsp3) is 0.421. The average molecular weight is 452 g/mol. The first kappa shape index (κ1) is 20.6. The van der Waals surface area contributed by atoms with Crippen molar-refractivity contribution in [1.82, 2.24) is 19.6 Å². The largest absolute Gasteiger partial charge is 0.363 e. The summed E-state index contributed by atoms with van der Waals surface area (Å²) in [4.78, 5) is 21.2. The standard InChI is InChI=1S/C19H23BrFN5O2/c1-24-11-16(20)18(23-24)19(27)26-9-7-25(8-10-26)12-17(22-13-28-2)14-3-5-15(21)6-4-14/h3-6,11H,7-10,12-13H2,1-2H3. The molecule has 1 amide bonds. The van der Waals surface area contributed by atoms with Crippen molar-refractivity contribution in [2.24, 2.45) is 12.0 Å². The topological polar surface area (TPSA) is 63.0 Å². The van der Waals surface area contributed by atoms with Crippen LogP contribution in [0.25, 0.3) is 0 Å². The van der Waals surface area contributed by atoms with Crippen molar-refractivity contribution in [3.8, 4) is 0 Å². The number of carbonyl (C=O) groups excluding carboxylic acids is 1. The van der Waals surface area contributed by atoms with Gasteiger partial charge in [-0.15, -0.1) is 0 Å². The van der Waals surface area contributed by atoms with Crippen LogP contribution >= 0.6 is 15.9 Å². The predicted molar refractivity (Wildman–Crippen MR) is 108 cm³/mol. The lowest BCUT2D eigenvalue weighted by Gasteiger charge is -2.34. The summed E-state index contributed by atoms with van der Waals surface area (Å²) in [5.74, 6) is -0.346. The monoisotopic (exact) mass is 451 g/mol. The molecule has 1 aromatic carbocycles. The van der Waals surface area contributed by atoms with E-state index in [-0.39, 0.29) is 18.5 Å². The molecule has 0 bridgehead atoms. The Kier molecular flexibility index (Phi) is 6.93. The molecule has 0 aliphatic carbocycles. The molecule has 28 heavy (non-hydrogen) atoms. The van der Waals surface area contributed by atoms with Gasteiger partial charge in [-0.05, 0) is 33.6 Å². The van der Waals surface area contributed by atoms with Gasteiger partial charge in [0.25, 0.3) is 5.91 Å². The summed E-state index contributed by atoms with van der Waals surface area (Å²) in [6.07, 6.45) is 1.77. The molecule has 3 rings (SSSR count). The van der Waals surface area contributed by atoms with Crippen LogP contribution in [0, 0.1) is 5.82 Å². The van der Waals surface area contributed by atoms with E-state index in [1.165, 1.54) is 12.1 Å². The number of aromatic nitrogens is 2. The number of piperazine rings is 1. The second-order valence-electron chi connectivity index (χ2n) is 6.60. The quantitative estimate of drug-likeness (QED) is 0.631. The van der Waals surface area contributed by atoms with Crippen molar-refractivity contribution in [2.75, 3.05) is 46.6 Å². The average Bonchev–Trinajstić information content (AvgIpc) is 3.04. The third-order valence-corrected chi connectivity index (χ3v) is 5.16. The SMILES string of the molecule is COCN=C(CN1CCN(C(=O)c2nn(C)cc2Br)CC1)c1ccc(F)cc1. The number of methoxy groups -OCH3 is 1. The number of rotatable bonds is 6. The summed E-state index contributed by atoms with van der Waals surface area (Å²) in [5, 5.41) is 4.23. The van der Waals surface area contributed by atoms with Crippen LogP contribution in [0.3, 0.4) is 0 Å². The first-order valence-corrected chi connectivity index (χ1v) is 9.76. The van der Waals surface area contributed by atoms with Crippen molar-refractivity contribution in [2.45, 2.75) is 0 Å². The van der Waals surface area contributed by atoms with E-state index in [0.717, 1.165) is 24.4 Å². The highest BCUT2D eigenvalue weighted by atomic mass is 79.9. The number of halogens is 2. The lowest BCUT2D eigenvalue weighted by atomic mass is 10.1. The fourth-order valence-corrected chi connectivity index (χ4v) is 3.64. The van der Waals surface area contributed by atoms with Gasteiger partial charge in [0.05, 0.1) is 10.2 Å². The molecule has 9 heteroatoms. The Morgan fingerprint density at radius 1 is 1.25 bits per heavy atom. The molecule has 1 fully saturated rings. The van der Waals surface area contributed by atoms with Gasteiger partial charge in [-0.2, -0.15) is 5.10 Å². The highest BCUT2D eigenvalue weighted by Crippen LogP contribution is 2.17. The smallest absolute Gasteiger partial charge is 0.275 e. The fourth-order valence-electron chi connectivity index (χ4n) is 3.09. The number of aryl methyl sites for hydroxylation is 1. The molecule has 0 spiro atoms. The zero-order chi connectivity index (χ0) is 20.1. The van der Waals surface area contributed by atoms with Crippen LogP contribution in [0.4, 0.5) is 4.39 Å². The second kappa shape index (κ2) is 9.40. The number of aliphatic imine (C=N–C) groups is 1. The summed E-state index contributed by atoms with van der Waals surface area (Å²) in [7, 11) is 3.38. The number of ether oxygens (including phenoxy) is 1. The van der Waals surface area contributed by atoms with E-state index < -0.39 is 0 Å². The maximum Gasteiger partial charge on any atom is 0.275 e. The minimum Gasteiger partial charge on any atom is -0.363 e. The Bertz CT molecular complexity index is 845. The van der Waals surface area contributed by atoms with Gasteiger partial charge in [-0.3, -0.25) is 19.4 Å². The van der Waals surface area contributed by atoms with Crippen LogP contribution in [-0.2, 0) is 11.8 Å². The minimum atomic E-state index is -0.275. The Morgan fingerprint density at radius 2 is 1.93 bits per heavy atom. The molecule has 1 aromatic heterocycles. The van der Waals surface area contributed by atoms with Gasteiger partial charge in [0.15, 0.2) is 5.69 Å². The summed E-state index contributed by atoms with van der Waals surface area (Å²) in [6, 6.07) is 6.31. The van der Waals surface area contributed by atoms with E-state index in [0.29, 0.717) is 29.8 Å². The lowest BCUT2D eigenvalue weighted by Crippen LogP contribution is -2.50. The number of amides is 1. The van der Waals surface area contributed by atoms with Crippen LogP contribution in [0.2, 0.25) is 0 Å². The molecule has 0 unspecified atom stereocenters. The van der Waals surface area contributed by atoms with E-state index in [9.17, 15) is 9.18 Å². The van der Waals surface area contributed by atoms with Crippen LogP contribution in [0.15, 0.2) is 39.9 Å². The zero-order valence-corrected chi connectivity index (χ0v) is 17.5. The van der Waals surface area contributed by atoms with Gasteiger partial charge in [0.2, 0.25) is 0 Å². The highest BCUT2D eigenvalue weighted by Gasteiger charge is 2.26. The van der Waals surface area contributed by atoms with Gasteiger partial charge < -0.3 is 9.64 Å². The molecule has 1 aliphatic heterocycles. The van der Waals surface area contributed by atoms with Crippen molar-refractivity contribution in [1.29, 1.82) is 0 Å². The van der Waals surface area contributed by atoms with E-state index in [2.05, 4.69) is 30.9 Å². The maximum absolute atomic E-state index is 13.2. The molecule has 0 radical (unpaired) electrons. The lowest BCUT2D eigenvalue weighted by molar-refractivity contribution is 0.0646. The van der Waals surface area contributed by atoms with Crippen molar-refractivity contribution in [3.63, 3.8) is 0 Å². The van der Waals surface area contributed by atoms with Crippen molar-refractivity contribution < 1.29 is 13.9 Å². The van der Waals surface area contributed by atoms with Crippen molar-refractivity contribution >= 4 is 27.5 Å². The molecule has 7 nitrogen and oxygen atoms in total. The summed E-state index contributed by atoms with van der Waals surface area (Å²) < 4.78 is 20.6. The molecule has 0 atom stereocenters. The van der Waals surface area contributed by atoms with Crippen LogP contribution < -0.4 is 0 Å². The molecule has 0 N–H and O–H groups in total. The third-order valence-electron chi connectivity index (χ3n) is 4.58. The maximum atomic E-state index is 13.2. The van der Waals surface area contributed by atoms with E-state index in [4.69, 9.17) is 4.74 Å². The first-order valence-electron chi connectivity index (χ1n) is 8.97. The number of hydrogen-bond acceptors (Lipinski definition) is 5. The summed E-state index contributed by atoms with van der Waals surface area (Å²) >= 11 is 3.39. The first-order chi connectivity index (χ1) is 13.5. The molecule has 0 saturated carbocycles. The Hall–Kier alpha value is -2.10. The zero-order valence-electron chi connectivity index (χ0n) is 15.9. The Morgan fingerprint density at radius 3 is 2.50 bits per heavy atom. The number of hydrogen-bond donors (Lipinski definition) is 0. The van der Waals surface area contributed by atoms with Gasteiger partial charge in [-0.1, -0.05) is 12.1 Å². The minimum absolute atomic E-state index is 0.0704. The highest BCUT2D eigenvalue weighted by molar-refractivity contribution is 9.10. The normalized spacial score (nSPS) is 15.9. The Balaban J connectivity index is 1.62. The van der Waals surface area contributed by atoms with Crippen LogP contribution in [0.1, 0.15) is 16.1 Å². The third kappa shape index (κ3) is 5.03. The number of benzene rings is 1. The van der Waals surface area contributed by atoms with Gasteiger partial charge in [0, 0.05) is 53.1 Å². The van der Waals surface area contributed by atoms with Gasteiger partial charge in [-0.25, -0.2) is 4.39 Å². The molecular weight excluding hydrogens is 429 g/mol. The number of nitrogens with zero attached hydrogens (tertiary/aromatic N) is 5. The summed E-state index contributed by atoms with van der Waals surface area (Å²) in [6.45, 7) is 3.54. The second-order valence-corrected chi connectivity index (χ2v) is 7.45. The predicted octanol–water partition coefficient (Wildman–Crippen LogP) is 2.17. The molecule has 2 aromatic rings. The van der Waals surface area contributed by atoms with Crippen LogP contribution in [-0.4, -0.2) is 77.8 Å². The van der Waals surface area contributed by atoms with Crippen molar-refractivity contribution in [3.05, 3.63) is 52.0 Å².